The van der Waals surface area contributed by atoms with Gasteiger partial charge in [0.2, 0.25) is 0 Å². The van der Waals surface area contributed by atoms with Gasteiger partial charge in [-0.05, 0) is 18.6 Å². The van der Waals surface area contributed by atoms with Crippen LogP contribution in [0.2, 0.25) is 0 Å². The van der Waals surface area contributed by atoms with Gasteiger partial charge in [0.1, 0.15) is 0 Å². The molecule has 0 atom stereocenters. The maximum absolute atomic E-state index is 11.9. The highest BCUT2D eigenvalue weighted by molar-refractivity contribution is 7.80. The highest BCUT2D eigenvalue weighted by Gasteiger charge is 2.12. The summed E-state index contributed by atoms with van der Waals surface area (Å²) in [6.07, 6.45) is 1.96. The molecule has 0 aliphatic heterocycles. The topological polar surface area (TPSA) is 34.0 Å². The van der Waals surface area contributed by atoms with Crippen LogP contribution in [-0.2, 0) is 6.54 Å². The first-order valence-corrected chi connectivity index (χ1v) is 6.94. The standard InChI is InChI=1S/C15H18N2OS/c1-12-14(15(18)16-8-10-19)7-9-17(12)11-13-5-3-2-4-6-13/h2-7,9,19H,8,10-11H2,1H3,(H,16,18). The van der Waals surface area contributed by atoms with Crippen molar-refractivity contribution in [1.82, 2.24) is 9.88 Å². The van der Waals surface area contributed by atoms with Crippen LogP contribution < -0.4 is 5.32 Å². The number of nitrogens with zero attached hydrogens (tertiary/aromatic N) is 1. The number of thiol groups is 1. The van der Waals surface area contributed by atoms with Crippen molar-refractivity contribution in [2.45, 2.75) is 13.5 Å². The molecule has 0 aliphatic rings. The number of hydrogen-bond acceptors (Lipinski definition) is 2. The molecule has 0 spiro atoms. The number of rotatable bonds is 5. The zero-order valence-electron chi connectivity index (χ0n) is 11.0. The lowest BCUT2D eigenvalue weighted by Gasteiger charge is -2.08. The molecular formula is C15H18N2OS. The van der Waals surface area contributed by atoms with Gasteiger partial charge in [0, 0.05) is 30.7 Å². The first-order valence-electron chi connectivity index (χ1n) is 6.31. The van der Waals surface area contributed by atoms with Crippen LogP contribution in [0.15, 0.2) is 42.6 Å². The lowest BCUT2D eigenvalue weighted by molar-refractivity contribution is 0.0955. The molecule has 4 heteroatoms. The molecule has 0 saturated heterocycles. The van der Waals surface area contributed by atoms with Crippen LogP contribution in [0, 0.1) is 6.92 Å². The molecule has 0 fully saturated rings. The van der Waals surface area contributed by atoms with Gasteiger partial charge < -0.3 is 9.88 Å². The minimum Gasteiger partial charge on any atom is -0.351 e. The molecule has 0 bridgehead atoms. The van der Waals surface area contributed by atoms with Gasteiger partial charge in [-0.3, -0.25) is 4.79 Å². The molecule has 19 heavy (non-hydrogen) atoms. The van der Waals surface area contributed by atoms with Gasteiger partial charge in [-0.1, -0.05) is 30.3 Å². The summed E-state index contributed by atoms with van der Waals surface area (Å²) >= 11 is 4.08. The lowest BCUT2D eigenvalue weighted by atomic mass is 10.2. The third-order valence-corrected chi connectivity index (χ3v) is 3.30. The molecule has 0 radical (unpaired) electrons. The van der Waals surface area contributed by atoms with Gasteiger partial charge in [-0.15, -0.1) is 0 Å². The minimum absolute atomic E-state index is 0.0293. The molecule has 1 heterocycles. The predicted octanol–water partition coefficient (Wildman–Crippen LogP) is 2.50. The number of hydrogen-bond donors (Lipinski definition) is 2. The second-order valence-corrected chi connectivity index (χ2v) is 4.86. The van der Waals surface area contributed by atoms with Crippen molar-refractivity contribution in [2.75, 3.05) is 12.3 Å². The van der Waals surface area contributed by atoms with E-state index >= 15 is 0 Å². The Kier molecular flexibility index (Phi) is 4.68. The van der Waals surface area contributed by atoms with Gasteiger partial charge in [0.15, 0.2) is 0 Å². The molecule has 1 amide bonds. The van der Waals surface area contributed by atoms with Crippen molar-refractivity contribution in [1.29, 1.82) is 0 Å². The van der Waals surface area contributed by atoms with Crippen LogP contribution in [0.4, 0.5) is 0 Å². The number of nitrogens with one attached hydrogen (secondary N) is 1. The Morgan fingerprint density at radius 1 is 1.26 bits per heavy atom. The first-order chi connectivity index (χ1) is 9.22. The zero-order chi connectivity index (χ0) is 13.7. The van der Waals surface area contributed by atoms with Crippen molar-refractivity contribution >= 4 is 18.5 Å². The summed E-state index contributed by atoms with van der Waals surface area (Å²) in [4.78, 5) is 11.9. The fourth-order valence-electron chi connectivity index (χ4n) is 2.01. The van der Waals surface area contributed by atoms with Crippen molar-refractivity contribution in [3.8, 4) is 0 Å². The third-order valence-electron chi connectivity index (χ3n) is 3.08. The van der Waals surface area contributed by atoms with Gasteiger partial charge >= 0.3 is 0 Å². The zero-order valence-corrected chi connectivity index (χ0v) is 11.9. The quantitative estimate of drug-likeness (QED) is 0.807. The average molecular weight is 274 g/mol. The molecule has 1 aromatic carbocycles. The summed E-state index contributed by atoms with van der Waals surface area (Å²) < 4.78 is 2.09. The summed E-state index contributed by atoms with van der Waals surface area (Å²) in [5, 5.41) is 2.84. The van der Waals surface area contributed by atoms with Crippen molar-refractivity contribution in [2.24, 2.45) is 0 Å². The minimum atomic E-state index is -0.0293. The smallest absolute Gasteiger partial charge is 0.253 e. The van der Waals surface area contributed by atoms with E-state index in [0.29, 0.717) is 12.3 Å². The van der Waals surface area contributed by atoms with Crippen LogP contribution in [0.3, 0.4) is 0 Å². The number of aromatic nitrogens is 1. The summed E-state index contributed by atoms with van der Waals surface area (Å²) in [7, 11) is 0. The Morgan fingerprint density at radius 2 is 2.00 bits per heavy atom. The summed E-state index contributed by atoms with van der Waals surface area (Å²) in [6, 6.07) is 12.1. The second kappa shape index (κ2) is 6.48. The molecule has 0 saturated carbocycles. The summed E-state index contributed by atoms with van der Waals surface area (Å²) in [5.74, 6) is 0.619. The van der Waals surface area contributed by atoms with Crippen LogP contribution in [-0.4, -0.2) is 22.8 Å². The van der Waals surface area contributed by atoms with Crippen LogP contribution in [0.5, 0.6) is 0 Å². The van der Waals surface area contributed by atoms with Gasteiger partial charge in [-0.25, -0.2) is 0 Å². The van der Waals surface area contributed by atoms with E-state index in [2.05, 4.69) is 34.6 Å². The Morgan fingerprint density at radius 3 is 2.68 bits per heavy atom. The molecule has 2 rings (SSSR count). The van der Waals surface area contributed by atoms with E-state index in [9.17, 15) is 4.79 Å². The van der Waals surface area contributed by atoms with Crippen molar-refractivity contribution in [3.63, 3.8) is 0 Å². The van der Waals surface area contributed by atoms with Gasteiger partial charge in [-0.2, -0.15) is 12.6 Å². The lowest BCUT2D eigenvalue weighted by Crippen LogP contribution is -2.25. The Balaban J connectivity index is 2.12. The molecule has 1 aromatic heterocycles. The largest absolute Gasteiger partial charge is 0.351 e. The van der Waals surface area contributed by atoms with E-state index in [0.717, 1.165) is 17.8 Å². The van der Waals surface area contributed by atoms with Crippen LogP contribution in [0.1, 0.15) is 21.6 Å². The van der Waals surface area contributed by atoms with E-state index in [1.165, 1.54) is 5.56 Å². The Hall–Kier alpha value is -1.68. The molecule has 1 N–H and O–H groups in total. The molecular weight excluding hydrogens is 256 g/mol. The third kappa shape index (κ3) is 3.41. The predicted molar refractivity (Wildman–Crippen MR) is 80.9 cm³/mol. The Bertz CT molecular complexity index is 549. The molecule has 3 nitrogen and oxygen atoms in total. The van der Waals surface area contributed by atoms with Gasteiger partial charge in [0.25, 0.3) is 5.91 Å². The second-order valence-electron chi connectivity index (χ2n) is 4.41. The number of amides is 1. The van der Waals surface area contributed by atoms with Crippen molar-refractivity contribution in [3.05, 3.63) is 59.4 Å². The van der Waals surface area contributed by atoms with E-state index in [1.54, 1.807) is 0 Å². The van der Waals surface area contributed by atoms with Crippen LogP contribution in [0.25, 0.3) is 0 Å². The molecule has 0 unspecified atom stereocenters. The van der Waals surface area contributed by atoms with E-state index < -0.39 is 0 Å². The number of carbonyl (C=O) groups excluding carboxylic acids is 1. The van der Waals surface area contributed by atoms with Crippen LogP contribution >= 0.6 is 12.6 Å². The fraction of sp³-hybridized carbons (Fsp3) is 0.267. The highest BCUT2D eigenvalue weighted by atomic mass is 32.1. The fourth-order valence-corrected chi connectivity index (χ4v) is 2.12. The normalized spacial score (nSPS) is 10.4. The monoisotopic (exact) mass is 274 g/mol. The summed E-state index contributed by atoms with van der Waals surface area (Å²) in [6.45, 7) is 3.34. The van der Waals surface area contributed by atoms with Crippen molar-refractivity contribution < 1.29 is 4.79 Å². The number of benzene rings is 1. The Labute approximate surface area is 119 Å². The number of carbonyl (C=O) groups is 1. The van der Waals surface area contributed by atoms with Gasteiger partial charge in [0.05, 0.1) is 5.56 Å². The van der Waals surface area contributed by atoms with E-state index in [1.807, 2.05) is 37.4 Å². The maximum Gasteiger partial charge on any atom is 0.253 e. The maximum atomic E-state index is 11.9. The molecule has 0 aliphatic carbocycles. The SMILES string of the molecule is Cc1c(C(=O)NCCS)ccn1Cc1ccccc1. The van der Waals surface area contributed by atoms with E-state index in [4.69, 9.17) is 0 Å². The van der Waals surface area contributed by atoms with E-state index in [-0.39, 0.29) is 5.91 Å². The first kappa shape index (κ1) is 13.7. The molecule has 2 aromatic rings. The average Bonchev–Trinajstić information content (AvgIpc) is 2.79. The summed E-state index contributed by atoms with van der Waals surface area (Å²) in [5.41, 5.74) is 2.95. The molecule has 100 valence electrons. The highest BCUT2D eigenvalue weighted by Crippen LogP contribution is 2.12.